The number of nitrogens with zero attached hydrogens (tertiary/aromatic N) is 2. The number of rotatable bonds is 3. The fourth-order valence-electron chi connectivity index (χ4n) is 4.89. The van der Waals surface area contributed by atoms with Crippen molar-refractivity contribution >= 4 is 34.6 Å². The quantitative estimate of drug-likeness (QED) is 0.691. The Kier molecular flexibility index (Phi) is 5.45. The summed E-state index contributed by atoms with van der Waals surface area (Å²) in [4.78, 5) is 6.91. The molecule has 1 aromatic carbocycles. The van der Waals surface area contributed by atoms with E-state index in [-0.39, 0.29) is 12.0 Å². The van der Waals surface area contributed by atoms with Gasteiger partial charge in [0.2, 0.25) is 0 Å². The van der Waals surface area contributed by atoms with Gasteiger partial charge in [-0.15, -0.1) is 0 Å². The molecule has 1 aromatic heterocycles. The summed E-state index contributed by atoms with van der Waals surface area (Å²) >= 11 is 12.5. The number of nitrogen functional groups attached to an aromatic ring is 1. The zero-order valence-corrected chi connectivity index (χ0v) is 17.3. The van der Waals surface area contributed by atoms with Crippen LogP contribution in [0.1, 0.15) is 37.8 Å². The predicted octanol–water partition coefficient (Wildman–Crippen LogP) is 4.23. The van der Waals surface area contributed by atoms with Crippen LogP contribution < -0.4 is 16.4 Å². The summed E-state index contributed by atoms with van der Waals surface area (Å²) in [6.45, 7) is 1.57. The van der Waals surface area contributed by atoms with Crippen LogP contribution >= 0.6 is 23.2 Å². The molecule has 150 valence electrons. The lowest BCUT2D eigenvalue weighted by Crippen LogP contribution is -2.47. The SMILES string of the molecule is Nc1cc(-c2cccc(Cl)c2Cl)nc(CO)c1N1CCC2(CCC[C@H]2N)CC1. The van der Waals surface area contributed by atoms with E-state index in [1.165, 1.54) is 12.8 Å². The van der Waals surface area contributed by atoms with Crippen LogP contribution in [0, 0.1) is 5.41 Å². The van der Waals surface area contributed by atoms with Crippen LogP contribution in [0.15, 0.2) is 24.3 Å². The van der Waals surface area contributed by atoms with Crippen LogP contribution in [0.5, 0.6) is 0 Å². The number of hydrogen-bond acceptors (Lipinski definition) is 5. The maximum absolute atomic E-state index is 9.99. The summed E-state index contributed by atoms with van der Waals surface area (Å²) in [5.74, 6) is 0. The Balaban J connectivity index is 1.65. The minimum Gasteiger partial charge on any atom is -0.397 e. The molecule has 1 spiro atoms. The molecule has 4 rings (SSSR count). The summed E-state index contributed by atoms with van der Waals surface area (Å²) in [6, 6.07) is 7.52. The molecule has 1 saturated carbocycles. The molecular formula is C21H26Cl2N4O. The van der Waals surface area contributed by atoms with Crippen molar-refractivity contribution in [3.8, 4) is 11.3 Å². The van der Waals surface area contributed by atoms with Crippen LogP contribution in [0.2, 0.25) is 10.0 Å². The molecule has 5 N–H and O–H groups in total. The molecule has 7 heteroatoms. The van der Waals surface area contributed by atoms with E-state index in [2.05, 4.69) is 9.88 Å². The number of piperidine rings is 1. The molecule has 2 aliphatic rings. The zero-order chi connectivity index (χ0) is 19.9. The van der Waals surface area contributed by atoms with Gasteiger partial charge in [0.15, 0.2) is 0 Å². The van der Waals surface area contributed by atoms with Crippen LogP contribution in [-0.4, -0.2) is 29.2 Å². The molecule has 2 fully saturated rings. The largest absolute Gasteiger partial charge is 0.397 e. The van der Waals surface area contributed by atoms with E-state index in [1.807, 2.05) is 18.2 Å². The van der Waals surface area contributed by atoms with Crippen LogP contribution in [0.4, 0.5) is 11.4 Å². The highest BCUT2D eigenvalue weighted by molar-refractivity contribution is 6.43. The average Bonchev–Trinajstić information content (AvgIpc) is 3.04. The highest BCUT2D eigenvalue weighted by Crippen LogP contribution is 2.47. The van der Waals surface area contributed by atoms with E-state index in [4.69, 9.17) is 34.7 Å². The van der Waals surface area contributed by atoms with Crippen molar-refractivity contribution in [2.24, 2.45) is 11.1 Å². The fourth-order valence-corrected chi connectivity index (χ4v) is 5.29. The normalized spacial score (nSPS) is 21.4. The fraction of sp³-hybridized carbons (Fsp3) is 0.476. The van der Waals surface area contributed by atoms with Crippen LogP contribution in [0.25, 0.3) is 11.3 Å². The van der Waals surface area contributed by atoms with E-state index in [9.17, 15) is 5.11 Å². The molecule has 28 heavy (non-hydrogen) atoms. The van der Waals surface area contributed by atoms with Crippen molar-refractivity contribution in [1.29, 1.82) is 0 Å². The highest BCUT2D eigenvalue weighted by Gasteiger charge is 2.43. The Morgan fingerprint density at radius 3 is 2.61 bits per heavy atom. The first-order chi connectivity index (χ1) is 13.4. The number of aliphatic hydroxyl groups excluding tert-OH is 1. The third kappa shape index (κ3) is 3.35. The smallest absolute Gasteiger partial charge is 0.0919 e. The van der Waals surface area contributed by atoms with Crippen molar-refractivity contribution in [2.75, 3.05) is 23.7 Å². The standard InChI is InChI=1S/C21H26Cl2N4O/c22-14-4-1-3-13(19(14)23)16-11-15(24)20(17(12-28)26-16)27-9-7-21(8-10-27)6-2-5-18(21)25/h1,3-4,11,18,28H,2,5-10,12,25H2,(H2,24,26)/t18-/m1/s1. The Bertz CT molecular complexity index is 881. The Hall–Kier alpha value is -1.53. The monoisotopic (exact) mass is 420 g/mol. The molecule has 1 aliphatic heterocycles. The van der Waals surface area contributed by atoms with Gasteiger partial charge in [-0.1, -0.05) is 41.8 Å². The molecule has 2 aromatic rings. The summed E-state index contributed by atoms with van der Waals surface area (Å²) in [7, 11) is 0. The molecule has 5 nitrogen and oxygen atoms in total. The molecule has 1 aliphatic carbocycles. The van der Waals surface area contributed by atoms with Gasteiger partial charge in [-0.05, 0) is 43.2 Å². The molecule has 1 atom stereocenters. The van der Waals surface area contributed by atoms with E-state index in [0.29, 0.717) is 38.7 Å². The van der Waals surface area contributed by atoms with Gasteiger partial charge in [0.25, 0.3) is 0 Å². The average molecular weight is 421 g/mol. The number of benzene rings is 1. The summed E-state index contributed by atoms with van der Waals surface area (Å²) in [5.41, 5.74) is 16.4. The lowest BCUT2D eigenvalue weighted by molar-refractivity contribution is 0.197. The lowest BCUT2D eigenvalue weighted by atomic mass is 9.74. The van der Waals surface area contributed by atoms with Gasteiger partial charge >= 0.3 is 0 Å². The Morgan fingerprint density at radius 2 is 1.96 bits per heavy atom. The van der Waals surface area contributed by atoms with Gasteiger partial charge in [0.1, 0.15) is 0 Å². The maximum atomic E-state index is 9.99. The minimum absolute atomic E-state index is 0.188. The van der Waals surface area contributed by atoms with Crippen molar-refractivity contribution in [2.45, 2.75) is 44.8 Å². The van der Waals surface area contributed by atoms with Crippen molar-refractivity contribution in [3.05, 3.63) is 40.0 Å². The van der Waals surface area contributed by atoms with Gasteiger partial charge in [-0.3, -0.25) is 0 Å². The number of hydrogen-bond donors (Lipinski definition) is 3. The predicted molar refractivity (Wildman–Crippen MR) is 116 cm³/mol. The molecule has 0 amide bonds. The first-order valence-electron chi connectivity index (χ1n) is 9.80. The summed E-state index contributed by atoms with van der Waals surface area (Å²) in [6.07, 6.45) is 5.68. The van der Waals surface area contributed by atoms with E-state index in [1.54, 1.807) is 6.07 Å². The number of halogens is 2. The second-order valence-electron chi connectivity index (χ2n) is 8.00. The summed E-state index contributed by atoms with van der Waals surface area (Å²) < 4.78 is 0. The zero-order valence-electron chi connectivity index (χ0n) is 15.8. The third-order valence-electron chi connectivity index (χ3n) is 6.52. The Labute approximate surface area is 175 Å². The Morgan fingerprint density at radius 1 is 1.21 bits per heavy atom. The van der Waals surface area contributed by atoms with E-state index < -0.39 is 0 Å². The molecular weight excluding hydrogens is 395 g/mol. The number of pyridine rings is 1. The lowest BCUT2D eigenvalue weighted by Gasteiger charge is -2.43. The highest BCUT2D eigenvalue weighted by atomic mass is 35.5. The second kappa shape index (κ2) is 7.71. The minimum atomic E-state index is -0.188. The van der Waals surface area contributed by atoms with E-state index in [0.717, 1.165) is 38.0 Å². The molecule has 1 saturated heterocycles. The topological polar surface area (TPSA) is 88.4 Å². The second-order valence-corrected chi connectivity index (χ2v) is 8.78. The van der Waals surface area contributed by atoms with Crippen molar-refractivity contribution in [1.82, 2.24) is 4.98 Å². The molecule has 0 unspecified atom stereocenters. The number of anilines is 2. The van der Waals surface area contributed by atoms with Crippen LogP contribution in [-0.2, 0) is 6.61 Å². The first-order valence-corrected chi connectivity index (χ1v) is 10.6. The van der Waals surface area contributed by atoms with Gasteiger partial charge in [0, 0.05) is 24.7 Å². The number of aliphatic hydroxyl groups is 1. The maximum Gasteiger partial charge on any atom is 0.0919 e. The molecule has 2 heterocycles. The van der Waals surface area contributed by atoms with Gasteiger partial charge in [-0.2, -0.15) is 0 Å². The van der Waals surface area contributed by atoms with E-state index >= 15 is 0 Å². The van der Waals surface area contributed by atoms with Crippen molar-refractivity contribution in [3.63, 3.8) is 0 Å². The number of aromatic nitrogens is 1. The van der Waals surface area contributed by atoms with Gasteiger partial charge in [0.05, 0.1) is 39.4 Å². The first kappa shape index (κ1) is 19.8. The number of nitrogens with two attached hydrogens (primary N) is 2. The third-order valence-corrected chi connectivity index (χ3v) is 7.34. The summed E-state index contributed by atoms with van der Waals surface area (Å²) in [5, 5.41) is 10.9. The van der Waals surface area contributed by atoms with Crippen LogP contribution in [0.3, 0.4) is 0 Å². The molecule has 0 radical (unpaired) electrons. The van der Waals surface area contributed by atoms with Gasteiger partial charge in [-0.25, -0.2) is 4.98 Å². The van der Waals surface area contributed by atoms with Crippen molar-refractivity contribution < 1.29 is 5.11 Å². The molecule has 0 bridgehead atoms. The van der Waals surface area contributed by atoms with Gasteiger partial charge < -0.3 is 21.5 Å².